The zero-order valence-electron chi connectivity index (χ0n) is 10.9. The van der Waals surface area contributed by atoms with Gasteiger partial charge in [0.2, 0.25) is 0 Å². The average molecular weight is 219 g/mol. The van der Waals surface area contributed by atoms with Crippen molar-refractivity contribution in [1.29, 1.82) is 0 Å². The summed E-state index contributed by atoms with van der Waals surface area (Å²) in [5.74, 6) is 0. The molecule has 90 valence electrons. The molecule has 16 heavy (non-hydrogen) atoms. The SMILES string of the molecule is CCCC(C)(CNCC)Cc1ccccc1. The summed E-state index contributed by atoms with van der Waals surface area (Å²) in [7, 11) is 0. The van der Waals surface area contributed by atoms with E-state index < -0.39 is 0 Å². The van der Waals surface area contributed by atoms with Crippen molar-refractivity contribution in [3.8, 4) is 0 Å². The maximum atomic E-state index is 3.49. The Hall–Kier alpha value is -0.820. The lowest BCUT2D eigenvalue weighted by atomic mass is 9.79. The molecule has 1 unspecified atom stereocenters. The summed E-state index contributed by atoms with van der Waals surface area (Å²) in [5.41, 5.74) is 1.85. The van der Waals surface area contributed by atoms with Crippen LogP contribution in [-0.4, -0.2) is 13.1 Å². The molecule has 0 bridgehead atoms. The predicted molar refractivity (Wildman–Crippen MR) is 71.7 cm³/mol. The van der Waals surface area contributed by atoms with E-state index in [-0.39, 0.29) is 0 Å². The second-order valence-electron chi connectivity index (χ2n) is 5.00. The second kappa shape index (κ2) is 6.70. The van der Waals surface area contributed by atoms with Gasteiger partial charge in [-0.1, -0.05) is 57.5 Å². The van der Waals surface area contributed by atoms with Gasteiger partial charge in [-0.15, -0.1) is 0 Å². The summed E-state index contributed by atoms with van der Waals surface area (Å²) in [4.78, 5) is 0. The lowest BCUT2D eigenvalue weighted by Crippen LogP contribution is -2.33. The molecular weight excluding hydrogens is 194 g/mol. The maximum Gasteiger partial charge on any atom is 0.000823 e. The fourth-order valence-electron chi connectivity index (χ4n) is 2.36. The van der Waals surface area contributed by atoms with Crippen LogP contribution in [0.3, 0.4) is 0 Å². The van der Waals surface area contributed by atoms with Crippen LogP contribution in [0.1, 0.15) is 39.2 Å². The first-order chi connectivity index (χ1) is 7.70. The number of hydrogen-bond donors (Lipinski definition) is 1. The van der Waals surface area contributed by atoms with Gasteiger partial charge in [0.1, 0.15) is 0 Å². The molecule has 0 aliphatic carbocycles. The third-order valence-electron chi connectivity index (χ3n) is 3.13. The highest BCUT2D eigenvalue weighted by Gasteiger charge is 2.22. The summed E-state index contributed by atoms with van der Waals surface area (Å²) < 4.78 is 0. The summed E-state index contributed by atoms with van der Waals surface area (Å²) in [6.45, 7) is 9.02. The highest BCUT2D eigenvalue weighted by atomic mass is 14.9. The van der Waals surface area contributed by atoms with Crippen LogP contribution in [0.2, 0.25) is 0 Å². The molecule has 0 radical (unpaired) electrons. The minimum absolute atomic E-state index is 0.395. The maximum absolute atomic E-state index is 3.49. The van der Waals surface area contributed by atoms with E-state index in [1.54, 1.807) is 0 Å². The van der Waals surface area contributed by atoms with E-state index in [1.807, 2.05) is 0 Å². The molecule has 1 aromatic rings. The molecule has 0 saturated heterocycles. The first-order valence-corrected chi connectivity index (χ1v) is 6.45. The van der Waals surface area contributed by atoms with Crippen molar-refractivity contribution in [2.24, 2.45) is 5.41 Å². The van der Waals surface area contributed by atoms with Gasteiger partial charge >= 0.3 is 0 Å². The molecule has 1 aromatic carbocycles. The molecule has 0 heterocycles. The topological polar surface area (TPSA) is 12.0 Å². The fraction of sp³-hybridized carbons (Fsp3) is 0.600. The molecule has 0 aliphatic heterocycles. The minimum atomic E-state index is 0.395. The van der Waals surface area contributed by atoms with Gasteiger partial charge in [0.05, 0.1) is 0 Å². The van der Waals surface area contributed by atoms with Crippen LogP contribution < -0.4 is 5.32 Å². The molecule has 0 aliphatic rings. The van der Waals surface area contributed by atoms with Crippen LogP contribution in [0.4, 0.5) is 0 Å². The summed E-state index contributed by atoms with van der Waals surface area (Å²) >= 11 is 0. The van der Waals surface area contributed by atoms with Crippen LogP contribution >= 0.6 is 0 Å². The van der Waals surface area contributed by atoms with Gasteiger partial charge in [0.25, 0.3) is 0 Å². The molecular formula is C15H25N. The normalized spacial score (nSPS) is 14.7. The Bertz CT molecular complexity index is 281. The van der Waals surface area contributed by atoms with Crippen molar-refractivity contribution < 1.29 is 0 Å². The van der Waals surface area contributed by atoms with Crippen LogP contribution in [0.15, 0.2) is 30.3 Å². The predicted octanol–water partition coefficient (Wildman–Crippen LogP) is 3.65. The average Bonchev–Trinajstić information content (AvgIpc) is 2.28. The zero-order valence-corrected chi connectivity index (χ0v) is 10.9. The smallest absolute Gasteiger partial charge is 0.000823 e. The van der Waals surface area contributed by atoms with E-state index in [0.29, 0.717) is 5.41 Å². The standard InChI is InChI=1S/C15H25N/c1-4-11-15(3,13-16-5-2)12-14-9-7-6-8-10-14/h6-10,16H,4-5,11-13H2,1-3H3. The van der Waals surface area contributed by atoms with Crippen molar-refractivity contribution in [3.05, 3.63) is 35.9 Å². The van der Waals surface area contributed by atoms with Gasteiger partial charge in [-0.25, -0.2) is 0 Å². The van der Waals surface area contributed by atoms with Gasteiger partial charge in [-0.2, -0.15) is 0 Å². The van der Waals surface area contributed by atoms with Crippen molar-refractivity contribution in [2.45, 2.75) is 40.0 Å². The van der Waals surface area contributed by atoms with Crippen molar-refractivity contribution in [2.75, 3.05) is 13.1 Å². The van der Waals surface area contributed by atoms with E-state index >= 15 is 0 Å². The van der Waals surface area contributed by atoms with Crippen LogP contribution in [0.25, 0.3) is 0 Å². The van der Waals surface area contributed by atoms with E-state index in [4.69, 9.17) is 0 Å². The highest BCUT2D eigenvalue weighted by Crippen LogP contribution is 2.27. The highest BCUT2D eigenvalue weighted by molar-refractivity contribution is 5.16. The number of rotatable bonds is 7. The summed E-state index contributed by atoms with van der Waals surface area (Å²) in [5, 5.41) is 3.49. The number of benzene rings is 1. The largest absolute Gasteiger partial charge is 0.316 e. The molecule has 0 fully saturated rings. The van der Waals surface area contributed by atoms with E-state index in [2.05, 4.69) is 56.4 Å². The molecule has 1 N–H and O–H groups in total. The molecule has 0 saturated carbocycles. The fourth-order valence-corrected chi connectivity index (χ4v) is 2.36. The third-order valence-corrected chi connectivity index (χ3v) is 3.13. The van der Waals surface area contributed by atoms with Crippen molar-refractivity contribution in [1.82, 2.24) is 5.32 Å². The van der Waals surface area contributed by atoms with Gasteiger partial charge in [0, 0.05) is 6.54 Å². The number of hydrogen-bond acceptors (Lipinski definition) is 1. The minimum Gasteiger partial charge on any atom is -0.316 e. The Morgan fingerprint density at radius 1 is 1.12 bits per heavy atom. The molecule has 1 atom stereocenters. The Labute approximate surface area is 100 Å². The van der Waals surface area contributed by atoms with Crippen molar-refractivity contribution >= 4 is 0 Å². The lowest BCUT2D eigenvalue weighted by molar-refractivity contribution is 0.277. The van der Waals surface area contributed by atoms with E-state index in [9.17, 15) is 0 Å². The Morgan fingerprint density at radius 3 is 2.38 bits per heavy atom. The molecule has 0 spiro atoms. The van der Waals surface area contributed by atoms with Gasteiger partial charge in [0.15, 0.2) is 0 Å². The Morgan fingerprint density at radius 2 is 1.81 bits per heavy atom. The molecule has 1 heteroatoms. The quantitative estimate of drug-likeness (QED) is 0.738. The van der Waals surface area contributed by atoms with Gasteiger partial charge in [-0.05, 0) is 30.4 Å². The van der Waals surface area contributed by atoms with Gasteiger partial charge < -0.3 is 5.32 Å². The Balaban J connectivity index is 2.62. The monoisotopic (exact) mass is 219 g/mol. The van der Waals surface area contributed by atoms with Gasteiger partial charge in [-0.3, -0.25) is 0 Å². The van der Waals surface area contributed by atoms with Crippen LogP contribution in [0, 0.1) is 5.41 Å². The summed E-state index contributed by atoms with van der Waals surface area (Å²) in [6.07, 6.45) is 3.72. The third kappa shape index (κ3) is 4.36. The van der Waals surface area contributed by atoms with E-state index in [0.717, 1.165) is 13.1 Å². The molecule has 0 aromatic heterocycles. The Kier molecular flexibility index (Phi) is 5.54. The first kappa shape index (κ1) is 13.2. The van der Waals surface area contributed by atoms with Crippen molar-refractivity contribution in [3.63, 3.8) is 0 Å². The van der Waals surface area contributed by atoms with E-state index in [1.165, 1.54) is 24.8 Å². The van der Waals surface area contributed by atoms with Crippen LogP contribution in [0.5, 0.6) is 0 Å². The molecule has 1 nitrogen and oxygen atoms in total. The second-order valence-corrected chi connectivity index (χ2v) is 5.00. The first-order valence-electron chi connectivity index (χ1n) is 6.45. The zero-order chi connectivity index (χ0) is 11.9. The molecule has 0 amide bonds. The number of nitrogens with one attached hydrogen (secondary N) is 1. The lowest BCUT2D eigenvalue weighted by Gasteiger charge is -2.30. The summed E-state index contributed by atoms with van der Waals surface area (Å²) in [6, 6.07) is 10.8. The molecule has 1 rings (SSSR count). The van der Waals surface area contributed by atoms with Crippen LogP contribution in [-0.2, 0) is 6.42 Å².